The van der Waals surface area contributed by atoms with Crippen molar-refractivity contribution in [3.8, 4) is 0 Å². The van der Waals surface area contributed by atoms with Gasteiger partial charge in [0.1, 0.15) is 11.2 Å². The first-order valence-corrected chi connectivity index (χ1v) is 13.4. The van der Waals surface area contributed by atoms with Crippen molar-refractivity contribution in [2.24, 2.45) is 45.3 Å². The van der Waals surface area contributed by atoms with E-state index in [1.165, 1.54) is 0 Å². The predicted octanol–water partition coefficient (Wildman–Crippen LogP) is 5.42. The molecule has 0 aromatic carbocycles. The molecule has 0 saturated heterocycles. The Bertz CT molecular complexity index is 1020. The second-order valence-electron chi connectivity index (χ2n) is 14.4. The van der Waals surface area contributed by atoms with Gasteiger partial charge < -0.3 is 10.2 Å². The first-order valence-electron chi connectivity index (χ1n) is 13.4. The van der Waals surface area contributed by atoms with Crippen LogP contribution in [0.25, 0.3) is 0 Å². The fourth-order valence-corrected chi connectivity index (χ4v) is 9.06. The Morgan fingerprint density at radius 2 is 1.24 bits per heavy atom. The lowest BCUT2D eigenvalue weighted by molar-refractivity contribution is -0.181. The minimum absolute atomic E-state index is 0.00444. The van der Waals surface area contributed by atoms with Gasteiger partial charge >= 0.3 is 0 Å². The third-order valence-corrected chi connectivity index (χ3v) is 12.3. The zero-order valence-electron chi connectivity index (χ0n) is 22.4. The van der Waals surface area contributed by atoms with Crippen molar-refractivity contribution >= 4 is 11.6 Å². The maximum atomic E-state index is 14.1. The highest BCUT2D eigenvalue weighted by Gasteiger charge is 2.70. The van der Waals surface area contributed by atoms with Gasteiger partial charge in [0.15, 0.2) is 11.6 Å². The quantitative estimate of drug-likeness (QED) is 0.531. The molecule has 6 aliphatic rings. The van der Waals surface area contributed by atoms with Gasteiger partial charge in [-0.05, 0) is 67.3 Å². The Balaban J connectivity index is 1.77. The molecular formula is C30H44O4. The molecule has 3 saturated carbocycles. The molecule has 3 fully saturated rings. The van der Waals surface area contributed by atoms with Gasteiger partial charge in [0.25, 0.3) is 0 Å². The van der Waals surface area contributed by atoms with Crippen LogP contribution < -0.4 is 0 Å². The number of hydrogen-bond acceptors (Lipinski definition) is 4. The topological polar surface area (TPSA) is 74.6 Å². The van der Waals surface area contributed by atoms with Crippen molar-refractivity contribution in [2.75, 3.05) is 0 Å². The number of fused-ring (bicyclic) bond motifs is 1. The summed E-state index contributed by atoms with van der Waals surface area (Å²) in [5.74, 6) is -2.20. The number of carbonyl (C=O) groups is 2. The average molecular weight is 469 g/mol. The van der Waals surface area contributed by atoms with E-state index in [1.807, 2.05) is 0 Å². The standard InChI is InChI=1S/C30H44O4/c1-25(2)11-9-13-27(25,5)17-15-19-23-21(22(17)24(32)29(19,7)33)18(16-20(31)30(23,8)34)28(6)14-10-12-26(28,3)4/h15-16,19,21-23,33-34H,9-14H2,1-8H3. The Morgan fingerprint density at radius 3 is 1.71 bits per heavy atom. The molecule has 0 aromatic rings. The van der Waals surface area contributed by atoms with Gasteiger partial charge in [-0.1, -0.05) is 71.6 Å². The number of allylic oxidation sites excluding steroid dienone is 2. The molecule has 6 rings (SSSR count). The van der Waals surface area contributed by atoms with E-state index in [-0.39, 0.29) is 39.1 Å². The van der Waals surface area contributed by atoms with Crippen LogP contribution in [0, 0.1) is 45.3 Å². The summed E-state index contributed by atoms with van der Waals surface area (Å²) in [5.41, 5.74) is -1.28. The van der Waals surface area contributed by atoms with Gasteiger partial charge in [-0.25, -0.2) is 0 Å². The maximum absolute atomic E-state index is 14.1. The summed E-state index contributed by atoms with van der Waals surface area (Å²) in [4.78, 5) is 27.6. The van der Waals surface area contributed by atoms with Gasteiger partial charge in [-0.3, -0.25) is 9.59 Å². The molecule has 4 nitrogen and oxygen atoms in total. The summed E-state index contributed by atoms with van der Waals surface area (Å²) in [7, 11) is 0. The number of aliphatic hydroxyl groups is 2. The van der Waals surface area contributed by atoms with Gasteiger partial charge in [0, 0.05) is 23.7 Å². The summed E-state index contributed by atoms with van der Waals surface area (Å²) in [5, 5.41) is 23.2. The number of hydrogen-bond donors (Lipinski definition) is 2. The number of ketones is 2. The molecule has 0 radical (unpaired) electrons. The predicted molar refractivity (Wildman–Crippen MR) is 133 cm³/mol. The van der Waals surface area contributed by atoms with E-state index in [2.05, 4.69) is 47.6 Å². The molecule has 2 bridgehead atoms. The Morgan fingerprint density at radius 1 is 0.735 bits per heavy atom. The third-order valence-electron chi connectivity index (χ3n) is 12.3. The molecule has 0 heterocycles. The van der Waals surface area contributed by atoms with Crippen molar-refractivity contribution < 1.29 is 19.8 Å². The summed E-state index contributed by atoms with van der Waals surface area (Å²) in [6.45, 7) is 17.0. The van der Waals surface area contributed by atoms with Crippen molar-refractivity contribution in [3.05, 3.63) is 23.3 Å². The lowest BCUT2D eigenvalue weighted by atomic mass is 9.41. The van der Waals surface area contributed by atoms with Crippen LogP contribution in [0.4, 0.5) is 0 Å². The fraction of sp³-hybridized carbons (Fsp3) is 0.800. The van der Waals surface area contributed by atoms with E-state index in [0.29, 0.717) is 0 Å². The Kier molecular flexibility index (Phi) is 4.84. The van der Waals surface area contributed by atoms with Crippen molar-refractivity contribution in [1.29, 1.82) is 0 Å². The fourth-order valence-electron chi connectivity index (χ4n) is 9.06. The molecule has 0 spiro atoms. The summed E-state index contributed by atoms with van der Waals surface area (Å²) in [6, 6.07) is 0. The minimum atomic E-state index is -1.60. The molecule has 6 aliphatic carbocycles. The van der Waals surface area contributed by atoms with Crippen LogP contribution in [0.5, 0.6) is 0 Å². The lowest BCUT2D eigenvalue weighted by Crippen LogP contribution is -2.69. The van der Waals surface area contributed by atoms with Crippen molar-refractivity contribution in [2.45, 2.75) is 105 Å². The van der Waals surface area contributed by atoms with Crippen LogP contribution in [-0.2, 0) is 9.59 Å². The summed E-state index contributed by atoms with van der Waals surface area (Å²) in [6.07, 6.45) is 10.3. The van der Waals surface area contributed by atoms with Gasteiger partial charge in [-0.15, -0.1) is 0 Å². The highest BCUT2D eigenvalue weighted by atomic mass is 16.3. The van der Waals surface area contributed by atoms with Crippen LogP contribution in [-0.4, -0.2) is 33.0 Å². The molecule has 34 heavy (non-hydrogen) atoms. The number of Topliss-reactive ketones (excluding diaryl/α,β-unsaturated/α-hetero) is 1. The second-order valence-corrected chi connectivity index (χ2v) is 14.4. The van der Waals surface area contributed by atoms with Crippen LogP contribution in [0.2, 0.25) is 0 Å². The zero-order valence-corrected chi connectivity index (χ0v) is 22.4. The Labute approximate surface area is 205 Å². The van der Waals surface area contributed by atoms with Gasteiger partial charge in [0.05, 0.1) is 0 Å². The minimum Gasteiger partial charge on any atom is -0.382 e. The molecule has 0 amide bonds. The monoisotopic (exact) mass is 468 g/mol. The molecular weight excluding hydrogens is 424 g/mol. The van der Waals surface area contributed by atoms with Crippen LogP contribution in [0.3, 0.4) is 0 Å². The largest absolute Gasteiger partial charge is 0.382 e. The lowest BCUT2D eigenvalue weighted by Gasteiger charge is -2.63. The van der Waals surface area contributed by atoms with E-state index in [9.17, 15) is 19.8 Å². The smallest absolute Gasteiger partial charge is 0.187 e. The molecule has 188 valence electrons. The van der Waals surface area contributed by atoms with Crippen molar-refractivity contribution in [3.63, 3.8) is 0 Å². The van der Waals surface area contributed by atoms with E-state index >= 15 is 0 Å². The number of carbonyl (C=O) groups excluding carboxylic acids is 2. The van der Waals surface area contributed by atoms with E-state index in [0.717, 1.165) is 49.7 Å². The molecule has 4 heteroatoms. The SMILES string of the molecule is CC1(O)C(=O)C2C(C3(C)CCCC3(C)C)=CC1C1C2C(C2(C)CCCC2(C)C)=CC(=O)C1(C)O. The van der Waals surface area contributed by atoms with Gasteiger partial charge in [0.2, 0.25) is 0 Å². The van der Waals surface area contributed by atoms with Gasteiger partial charge in [-0.2, -0.15) is 0 Å². The highest BCUT2D eigenvalue weighted by Crippen LogP contribution is 2.70. The first kappa shape index (κ1) is 24.4. The Hall–Kier alpha value is -1.26. The summed E-state index contributed by atoms with van der Waals surface area (Å²) >= 11 is 0. The van der Waals surface area contributed by atoms with Crippen LogP contribution in [0.15, 0.2) is 23.3 Å². The molecule has 8 atom stereocenters. The number of rotatable bonds is 2. The molecule has 0 aromatic heterocycles. The van der Waals surface area contributed by atoms with E-state index in [1.54, 1.807) is 19.9 Å². The molecule has 8 unspecified atom stereocenters. The van der Waals surface area contributed by atoms with E-state index in [4.69, 9.17) is 0 Å². The average Bonchev–Trinajstić information content (AvgIpc) is 3.16. The zero-order chi connectivity index (χ0) is 25.3. The highest BCUT2D eigenvalue weighted by molar-refractivity contribution is 6.02. The van der Waals surface area contributed by atoms with Crippen LogP contribution in [0.1, 0.15) is 93.9 Å². The molecule has 0 aliphatic heterocycles. The maximum Gasteiger partial charge on any atom is 0.187 e. The van der Waals surface area contributed by atoms with Crippen LogP contribution >= 0.6 is 0 Å². The normalized spacial score (nSPS) is 51.4. The first-order chi connectivity index (χ1) is 15.4. The molecule has 2 N–H and O–H groups in total. The van der Waals surface area contributed by atoms with Crippen molar-refractivity contribution in [1.82, 2.24) is 0 Å². The third kappa shape index (κ3) is 2.68. The van der Waals surface area contributed by atoms with E-state index < -0.39 is 29.0 Å². The summed E-state index contributed by atoms with van der Waals surface area (Å²) < 4.78 is 0. The second kappa shape index (κ2) is 6.73.